The summed E-state index contributed by atoms with van der Waals surface area (Å²) >= 11 is 0. The zero-order chi connectivity index (χ0) is 14.9. The Bertz CT molecular complexity index is 657. The van der Waals surface area contributed by atoms with Gasteiger partial charge in [0.15, 0.2) is 0 Å². The number of hydrogen-bond donors (Lipinski definition) is 1. The van der Waals surface area contributed by atoms with Crippen molar-refractivity contribution in [3.63, 3.8) is 0 Å². The highest BCUT2D eigenvalue weighted by atomic mass is 16.5. The van der Waals surface area contributed by atoms with E-state index < -0.39 is 5.97 Å². The predicted octanol–water partition coefficient (Wildman–Crippen LogP) is 3.66. The molecule has 2 aromatic rings. The van der Waals surface area contributed by atoms with E-state index in [-0.39, 0.29) is 11.0 Å². The second-order valence-corrected chi connectivity index (χ2v) is 5.65. The second-order valence-electron chi connectivity index (χ2n) is 5.65. The largest absolute Gasteiger partial charge is 0.478 e. The summed E-state index contributed by atoms with van der Waals surface area (Å²) in [6.07, 6.45) is 5.55. The summed E-state index contributed by atoms with van der Waals surface area (Å²) in [7, 11) is 0. The molecule has 1 aliphatic rings. The minimum atomic E-state index is -0.957. The number of benzene rings is 1. The maximum absolute atomic E-state index is 11.0. The average molecular weight is 286 g/mol. The highest BCUT2D eigenvalue weighted by Gasteiger charge is 2.39. The lowest BCUT2D eigenvalue weighted by atomic mass is 9.83. The normalized spacial score (nSPS) is 17.0. The molecule has 1 aromatic carbocycles. The monoisotopic (exact) mass is 286 g/mol. The molecule has 0 saturated heterocycles. The first-order valence-corrected chi connectivity index (χ1v) is 7.32. The summed E-state index contributed by atoms with van der Waals surface area (Å²) in [4.78, 5) is 15.6. The van der Waals surface area contributed by atoms with E-state index in [1.165, 1.54) is 12.8 Å². The zero-order valence-electron chi connectivity index (χ0n) is 12.0. The van der Waals surface area contributed by atoms with Crippen LogP contribution >= 0.6 is 0 Å². The van der Waals surface area contributed by atoms with Crippen molar-refractivity contribution in [1.82, 2.24) is 10.1 Å². The molecular formula is C16H18N2O3. The first-order valence-electron chi connectivity index (χ1n) is 7.32. The quantitative estimate of drug-likeness (QED) is 0.928. The molecule has 0 spiro atoms. The summed E-state index contributed by atoms with van der Waals surface area (Å²) < 4.78 is 5.49. The molecule has 1 fully saturated rings. The summed E-state index contributed by atoms with van der Waals surface area (Å²) in [6, 6.07) is 6.62. The lowest BCUT2D eigenvalue weighted by Crippen LogP contribution is -2.21. The molecule has 1 aromatic heterocycles. The number of aromatic carboxylic acids is 1. The van der Waals surface area contributed by atoms with Crippen LogP contribution in [0.15, 0.2) is 28.8 Å². The summed E-state index contributed by atoms with van der Waals surface area (Å²) in [6.45, 7) is 2.15. The Hall–Kier alpha value is -2.17. The number of rotatable bonds is 4. The lowest BCUT2D eigenvalue weighted by molar-refractivity contribution is 0.0697. The third kappa shape index (κ3) is 2.44. The van der Waals surface area contributed by atoms with Crippen LogP contribution < -0.4 is 0 Å². The van der Waals surface area contributed by atoms with Crippen LogP contribution in [0, 0.1) is 0 Å². The number of nitrogens with zero attached hydrogens (tertiary/aromatic N) is 2. The van der Waals surface area contributed by atoms with Gasteiger partial charge >= 0.3 is 5.97 Å². The van der Waals surface area contributed by atoms with Gasteiger partial charge < -0.3 is 9.63 Å². The number of carbonyl (C=O) groups is 1. The zero-order valence-corrected chi connectivity index (χ0v) is 12.0. The Kier molecular flexibility index (Phi) is 3.49. The van der Waals surface area contributed by atoms with Crippen molar-refractivity contribution in [2.24, 2.45) is 0 Å². The third-order valence-corrected chi connectivity index (χ3v) is 4.48. The van der Waals surface area contributed by atoms with Crippen LogP contribution in [0.25, 0.3) is 11.4 Å². The lowest BCUT2D eigenvalue weighted by Gasteiger charge is -2.21. The molecule has 1 N–H and O–H groups in total. The molecule has 1 heterocycles. The van der Waals surface area contributed by atoms with E-state index >= 15 is 0 Å². The Morgan fingerprint density at radius 1 is 1.38 bits per heavy atom. The van der Waals surface area contributed by atoms with Gasteiger partial charge in [0.2, 0.25) is 11.7 Å². The summed E-state index contributed by atoms with van der Waals surface area (Å²) in [5, 5.41) is 13.1. The van der Waals surface area contributed by atoms with Crippen molar-refractivity contribution in [2.45, 2.75) is 44.4 Å². The van der Waals surface area contributed by atoms with Crippen LogP contribution in [0.5, 0.6) is 0 Å². The van der Waals surface area contributed by atoms with E-state index in [9.17, 15) is 4.79 Å². The van der Waals surface area contributed by atoms with Crippen molar-refractivity contribution in [1.29, 1.82) is 0 Å². The predicted molar refractivity (Wildman–Crippen MR) is 77.1 cm³/mol. The van der Waals surface area contributed by atoms with Crippen molar-refractivity contribution < 1.29 is 14.4 Å². The molecule has 0 unspecified atom stereocenters. The minimum absolute atomic E-state index is 0.00958. The van der Waals surface area contributed by atoms with Crippen molar-refractivity contribution in [3.05, 3.63) is 35.7 Å². The van der Waals surface area contributed by atoms with Gasteiger partial charge in [-0.3, -0.25) is 0 Å². The Morgan fingerprint density at radius 2 is 2.14 bits per heavy atom. The number of carboxylic acid groups (broad SMARTS) is 1. The van der Waals surface area contributed by atoms with Gasteiger partial charge in [-0.05, 0) is 31.4 Å². The first-order chi connectivity index (χ1) is 10.1. The van der Waals surface area contributed by atoms with Gasteiger partial charge in [-0.2, -0.15) is 4.98 Å². The first kappa shape index (κ1) is 13.8. The van der Waals surface area contributed by atoms with Gasteiger partial charge in [-0.25, -0.2) is 4.79 Å². The van der Waals surface area contributed by atoms with Gasteiger partial charge in [-0.1, -0.05) is 37.1 Å². The Morgan fingerprint density at radius 3 is 2.81 bits per heavy atom. The molecule has 0 radical (unpaired) electrons. The molecule has 0 atom stereocenters. The number of hydrogen-bond acceptors (Lipinski definition) is 4. The molecule has 0 bridgehead atoms. The van der Waals surface area contributed by atoms with Crippen LogP contribution in [-0.2, 0) is 5.41 Å². The van der Waals surface area contributed by atoms with Gasteiger partial charge in [0.1, 0.15) is 0 Å². The van der Waals surface area contributed by atoms with Gasteiger partial charge in [-0.15, -0.1) is 0 Å². The molecule has 1 saturated carbocycles. The molecular weight excluding hydrogens is 268 g/mol. The number of aromatic nitrogens is 2. The Balaban J connectivity index is 1.95. The maximum Gasteiger partial charge on any atom is 0.335 e. The van der Waals surface area contributed by atoms with E-state index in [1.807, 2.05) is 0 Å². The molecule has 3 rings (SSSR count). The fraction of sp³-hybridized carbons (Fsp3) is 0.438. The van der Waals surface area contributed by atoms with Crippen LogP contribution in [-0.4, -0.2) is 21.2 Å². The van der Waals surface area contributed by atoms with Gasteiger partial charge in [0.25, 0.3) is 0 Å². The van der Waals surface area contributed by atoms with Crippen LogP contribution in [0.4, 0.5) is 0 Å². The van der Waals surface area contributed by atoms with Crippen LogP contribution in [0.1, 0.15) is 55.3 Å². The summed E-state index contributed by atoms with van der Waals surface area (Å²) in [5.74, 6) is 0.201. The molecule has 21 heavy (non-hydrogen) atoms. The van der Waals surface area contributed by atoms with Crippen LogP contribution in [0.2, 0.25) is 0 Å². The maximum atomic E-state index is 11.0. The Labute approximate surface area is 123 Å². The third-order valence-electron chi connectivity index (χ3n) is 4.48. The van der Waals surface area contributed by atoms with E-state index in [0.29, 0.717) is 17.3 Å². The average Bonchev–Trinajstić information content (AvgIpc) is 3.17. The standard InChI is InChI=1S/C16H18N2O3/c1-2-16(8-3-4-9-16)15-17-13(18-21-15)11-6-5-7-12(10-11)14(19)20/h5-7,10H,2-4,8-9H2,1H3,(H,19,20). The van der Waals surface area contributed by atoms with Gasteiger partial charge in [0, 0.05) is 11.0 Å². The highest BCUT2D eigenvalue weighted by molar-refractivity contribution is 5.89. The molecule has 5 heteroatoms. The number of carboxylic acids is 1. The van der Waals surface area contributed by atoms with E-state index in [1.54, 1.807) is 24.3 Å². The fourth-order valence-electron chi connectivity index (χ4n) is 3.12. The smallest absolute Gasteiger partial charge is 0.335 e. The molecule has 0 aliphatic heterocycles. The van der Waals surface area contributed by atoms with E-state index in [2.05, 4.69) is 17.1 Å². The van der Waals surface area contributed by atoms with E-state index in [0.717, 1.165) is 19.3 Å². The SMILES string of the molecule is CCC1(c2nc(-c3cccc(C(=O)O)c3)no2)CCCC1. The van der Waals surface area contributed by atoms with Crippen molar-refractivity contribution >= 4 is 5.97 Å². The molecule has 110 valence electrons. The summed E-state index contributed by atoms with van der Waals surface area (Å²) in [5.41, 5.74) is 0.911. The fourth-order valence-corrected chi connectivity index (χ4v) is 3.12. The topological polar surface area (TPSA) is 76.2 Å². The molecule has 0 amide bonds. The van der Waals surface area contributed by atoms with Gasteiger partial charge in [0.05, 0.1) is 5.56 Å². The highest BCUT2D eigenvalue weighted by Crippen LogP contribution is 2.43. The molecule has 5 nitrogen and oxygen atoms in total. The van der Waals surface area contributed by atoms with Crippen molar-refractivity contribution in [3.8, 4) is 11.4 Å². The second kappa shape index (κ2) is 5.31. The van der Waals surface area contributed by atoms with Crippen LogP contribution in [0.3, 0.4) is 0 Å². The molecule has 1 aliphatic carbocycles. The van der Waals surface area contributed by atoms with Crippen molar-refractivity contribution in [2.75, 3.05) is 0 Å². The minimum Gasteiger partial charge on any atom is -0.478 e. The van der Waals surface area contributed by atoms with E-state index in [4.69, 9.17) is 9.63 Å².